The van der Waals surface area contributed by atoms with Gasteiger partial charge in [0.05, 0.1) is 0 Å². The molecule has 0 aliphatic carbocycles. The van der Waals surface area contributed by atoms with E-state index >= 15 is 0 Å². The molecule has 100 valence electrons. The van der Waals surface area contributed by atoms with Crippen molar-refractivity contribution in [1.82, 2.24) is 0 Å². The Morgan fingerprint density at radius 2 is 1.79 bits per heavy atom. The first kappa shape index (κ1) is 14.0. The predicted octanol–water partition coefficient (Wildman–Crippen LogP) is 4.95. The lowest BCUT2D eigenvalue weighted by Gasteiger charge is -2.16. The summed E-state index contributed by atoms with van der Waals surface area (Å²) in [5.41, 5.74) is 3.86. The number of rotatable bonds is 5. The standard InChI is InChI=1S/C17H20ClN/c1-3-14-5-4-6-17(12-14)19-13(2)11-15-7-9-16(18)10-8-15/h4-10,12-13,19H,3,11H2,1-2H3. The molecule has 0 saturated carbocycles. The number of aryl methyl sites for hydroxylation is 1. The molecule has 0 saturated heterocycles. The fourth-order valence-corrected chi connectivity index (χ4v) is 2.32. The quantitative estimate of drug-likeness (QED) is 0.813. The van der Waals surface area contributed by atoms with Gasteiger partial charge in [0.1, 0.15) is 0 Å². The molecule has 1 atom stereocenters. The maximum Gasteiger partial charge on any atom is 0.0406 e. The van der Waals surface area contributed by atoms with Gasteiger partial charge in [0, 0.05) is 16.8 Å². The van der Waals surface area contributed by atoms with Crippen LogP contribution in [0.15, 0.2) is 48.5 Å². The van der Waals surface area contributed by atoms with E-state index < -0.39 is 0 Å². The molecule has 0 aliphatic rings. The summed E-state index contributed by atoms with van der Waals surface area (Å²) in [7, 11) is 0. The summed E-state index contributed by atoms with van der Waals surface area (Å²) >= 11 is 5.90. The van der Waals surface area contributed by atoms with Crippen LogP contribution >= 0.6 is 11.6 Å². The van der Waals surface area contributed by atoms with Crippen LogP contribution in [-0.2, 0) is 12.8 Å². The van der Waals surface area contributed by atoms with Crippen molar-refractivity contribution in [3.63, 3.8) is 0 Å². The van der Waals surface area contributed by atoms with Crippen LogP contribution in [-0.4, -0.2) is 6.04 Å². The van der Waals surface area contributed by atoms with E-state index in [1.165, 1.54) is 16.8 Å². The van der Waals surface area contributed by atoms with Gasteiger partial charge in [0.25, 0.3) is 0 Å². The second-order valence-electron chi connectivity index (χ2n) is 4.93. The highest BCUT2D eigenvalue weighted by Crippen LogP contribution is 2.15. The molecule has 0 aromatic heterocycles. The van der Waals surface area contributed by atoms with Crippen LogP contribution in [0.3, 0.4) is 0 Å². The number of halogens is 1. The first-order valence-electron chi connectivity index (χ1n) is 6.77. The van der Waals surface area contributed by atoms with E-state index in [9.17, 15) is 0 Å². The third kappa shape index (κ3) is 4.29. The van der Waals surface area contributed by atoms with Crippen molar-refractivity contribution in [3.05, 3.63) is 64.7 Å². The van der Waals surface area contributed by atoms with Gasteiger partial charge in [-0.1, -0.05) is 42.8 Å². The molecular formula is C17H20ClN. The summed E-state index contributed by atoms with van der Waals surface area (Å²) in [5.74, 6) is 0. The maximum atomic E-state index is 5.90. The minimum Gasteiger partial charge on any atom is -0.382 e. The van der Waals surface area contributed by atoms with Crippen molar-refractivity contribution in [2.75, 3.05) is 5.32 Å². The molecule has 0 spiro atoms. The third-order valence-corrected chi connectivity index (χ3v) is 3.46. The summed E-state index contributed by atoms with van der Waals surface area (Å²) in [6.45, 7) is 4.38. The van der Waals surface area contributed by atoms with E-state index in [-0.39, 0.29) is 0 Å². The van der Waals surface area contributed by atoms with Gasteiger partial charge in [-0.05, 0) is 55.2 Å². The van der Waals surface area contributed by atoms with Crippen molar-refractivity contribution < 1.29 is 0 Å². The average molecular weight is 274 g/mol. The van der Waals surface area contributed by atoms with Crippen molar-refractivity contribution >= 4 is 17.3 Å². The molecule has 19 heavy (non-hydrogen) atoms. The van der Waals surface area contributed by atoms with Crippen LogP contribution in [0.1, 0.15) is 25.0 Å². The van der Waals surface area contributed by atoms with Gasteiger partial charge in [-0.3, -0.25) is 0 Å². The lowest BCUT2D eigenvalue weighted by Crippen LogP contribution is -2.18. The summed E-state index contributed by atoms with van der Waals surface area (Å²) in [4.78, 5) is 0. The van der Waals surface area contributed by atoms with E-state index in [1.54, 1.807) is 0 Å². The molecule has 1 nitrogen and oxygen atoms in total. The van der Waals surface area contributed by atoms with Crippen molar-refractivity contribution in [2.24, 2.45) is 0 Å². The molecule has 0 radical (unpaired) electrons. The zero-order chi connectivity index (χ0) is 13.7. The number of benzene rings is 2. The van der Waals surface area contributed by atoms with Crippen LogP contribution in [0.4, 0.5) is 5.69 Å². The zero-order valence-corrected chi connectivity index (χ0v) is 12.2. The zero-order valence-electron chi connectivity index (χ0n) is 11.5. The Kier molecular flexibility index (Phi) is 4.86. The van der Waals surface area contributed by atoms with E-state index in [0.29, 0.717) is 6.04 Å². The second-order valence-corrected chi connectivity index (χ2v) is 5.37. The highest BCUT2D eigenvalue weighted by atomic mass is 35.5. The van der Waals surface area contributed by atoms with Gasteiger partial charge in [0.15, 0.2) is 0 Å². The highest BCUT2D eigenvalue weighted by molar-refractivity contribution is 6.30. The molecule has 0 amide bonds. The number of hydrogen-bond acceptors (Lipinski definition) is 1. The summed E-state index contributed by atoms with van der Waals surface area (Å²) in [6.07, 6.45) is 2.06. The molecule has 2 heteroatoms. The minimum atomic E-state index is 0.397. The Bertz CT molecular complexity index is 519. The van der Waals surface area contributed by atoms with Gasteiger partial charge in [-0.2, -0.15) is 0 Å². The monoisotopic (exact) mass is 273 g/mol. The predicted molar refractivity (Wildman–Crippen MR) is 84.1 cm³/mol. The Balaban J connectivity index is 1.96. The SMILES string of the molecule is CCc1cccc(NC(C)Cc2ccc(Cl)cc2)c1. The van der Waals surface area contributed by atoms with E-state index in [1.807, 2.05) is 12.1 Å². The van der Waals surface area contributed by atoms with Crippen molar-refractivity contribution in [2.45, 2.75) is 32.7 Å². The third-order valence-electron chi connectivity index (χ3n) is 3.20. The van der Waals surface area contributed by atoms with Crippen LogP contribution in [0.5, 0.6) is 0 Å². The van der Waals surface area contributed by atoms with E-state index in [2.05, 4.69) is 55.6 Å². The van der Waals surface area contributed by atoms with Crippen LogP contribution in [0.25, 0.3) is 0 Å². The number of anilines is 1. The molecule has 2 aromatic rings. The first-order chi connectivity index (χ1) is 9.17. The Morgan fingerprint density at radius 3 is 2.47 bits per heavy atom. The topological polar surface area (TPSA) is 12.0 Å². The largest absolute Gasteiger partial charge is 0.382 e. The van der Waals surface area contributed by atoms with Gasteiger partial charge in [0.2, 0.25) is 0 Å². The normalized spacial score (nSPS) is 12.2. The smallest absolute Gasteiger partial charge is 0.0406 e. The van der Waals surface area contributed by atoms with Gasteiger partial charge in [-0.25, -0.2) is 0 Å². The fourth-order valence-electron chi connectivity index (χ4n) is 2.19. The molecule has 0 fully saturated rings. The molecular weight excluding hydrogens is 254 g/mol. The molecule has 2 rings (SSSR count). The lowest BCUT2D eigenvalue weighted by atomic mass is 10.1. The Labute approximate surface area is 120 Å². The molecule has 1 N–H and O–H groups in total. The Hall–Kier alpha value is -1.47. The Morgan fingerprint density at radius 1 is 1.05 bits per heavy atom. The first-order valence-corrected chi connectivity index (χ1v) is 7.15. The fraction of sp³-hybridized carbons (Fsp3) is 0.294. The highest BCUT2D eigenvalue weighted by Gasteiger charge is 2.04. The van der Waals surface area contributed by atoms with Crippen LogP contribution < -0.4 is 5.32 Å². The maximum absolute atomic E-state index is 5.90. The molecule has 0 heterocycles. The van der Waals surface area contributed by atoms with Gasteiger partial charge >= 0.3 is 0 Å². The van der Waals surface area contributed by atoms with Gasteiger partial charge in [-0.15, -0.1) is 0 Å². The van der Waals surface area contributed by atoms with Crippen molar-refractivity contribution in [1.29, 1.82) is 0 Å². The molecule has 1 unspecified atom stereocenters. The number of nitrogens with one attached hydrogen (secondary N) is 1. The summed E-state index contributed by atoms with van der Waals surface area (Å²) in [5, 5.41) is 4.34. The second kappa shape index (κ2) is 6.63. The van der Waals surface area contributed by atoms with E-state index in [0.717, 1.165) is 17.9 Å². The van der Waals surface area contributed by atoms with Crippen LogP contribution in [0, 0.1) is 0 Å². The summed E-state index contributed by atoms with van der Waals surface area (Å²) in [6, 6.07) is 17.1. The molecule has 0 aliphatic heterocycles. The average Bonchev–Trinajstić information content (AvgIpc) is 2.41. The lowest BCUT2D eigenvalue weighted by molar-refractivity contribution is 0.790. The number of hydrogen-bond donors (Lipinski definition) is 1. The summed E-state index contributed by atoms with van der Waals surface area (Å²) < 4.78 is 0. The van der Waals surface area contributed by atoms with Gasteiger partial charge < -0.3 is 5.32 Å². The molecule has 0 bridgehead atoms. The van der Waals surface area contributed by atoms with E-state index in [4.69, 9.17) is 11.6 Å². The molecule has 2 aromatic carbocycles. The van der Waals surface area contributed by atoms with Crippen molar-refractivity contribution in [3.8, 4) is 0 Å². The van der Waals surface area contributed by atoms with Crippen LogP contribution in [0.2, 0.25) is 5.02 Å². The minimum absolute atomic E-state index is 0.397.